The first kappa shape index (κ1) is 9.97. The molecule has 2 rings (SSSR count). The molecule has 0 spiro atoms. The number of ether oxygens (including phenoxy) is 1. The molecule has 0 amide bonds. The molecule has 0 radical (unpaired) electrons. The van der Waals surface area contributed by atoms with Crippen molar-refractivity contribution in [1.82, 2.24) is 0 Å². The third kappa shape index (κ3) is 1.94. The van der Waals surface area contributed by atoms with E-state index in [1.807, 2.05) is 50.3 Å². The molecule has 78 valence electrons. The van der Waals surface area contributed by atoms with E-state index in [1.54, 1.807) is 0 Å². The molecule has 1 atom stereocenters. The molecular formula is C13H14O2. The molecule has 0 N–H and O–H groups in total. The zero-order valence-corrected chi connectivity index (χ0v) is 8.94. The monoisotopic (exact) mass is 202 g/mol. The van der Waals surface area contributed by atoms with E-state index in [0.29, 0.717) is 11.5 Å². The Morgan fingerprint density at radius 1 is 1.20 bits per heavy atom. The Hall–Kier alpha value is -1.57. The van der Waals surface area contributed by atoms with Gasteiger partial charge in [0.25, 0.3) is 0 Å². The predicted octanol–water partition coefficient (Wildman–Crippen LogP) is 2.65. The lowest BCUT2D eigenvalue weighted by Gasteiger charge is -2.10. The highest BCUT2D eigenvalue weighted by atomic mass is 16.5. The molecule has 1 heterocycles. The molecule has 1 aromatic carbocycles. The predicted molar refractivity (Wildman–Crippen MR) is 59.1 cm³/mol. The number of carbonyl (C=O) groups excluding carboxylic acids is 1. The van der Waals surface area contributed by atoms with Crippen molar-refractivity contribution in [3.8, 4) is 0 Å². The summed E-state index contributed by atoms with van der Waals surface area (Å²) >= 11 is 0. The summed E-state index contributed by atoms with van der Waals surface area (Å²) in [5, 5.41) is 0. The van der Waals surface area contributed by atoms with Crippen LogP contribution in [0.2, 0.25) is 0 Å². The molecule has 1 aliphatic rings. The number of hydrogen-bond acceptors (Lipinski definition) is 2. The van der Waals surface area contributed by atoms with Crippen LogP contribution in [0.25, 0.3) is 5.57 Å². The zero-order chi connectivity index (χ0) is 10.8. The molecule has 0 fully saturated rings. The van der Waals surface area contributed by atoms with Gasteiger partial charge in [-0.15, -0.1) is 0 Å². The van der Waals surface area contributed by atoms with Crippen molar-refractivity contribution >= 4 is 11.5 Å². The first-order chi connectivity index (χ1) is 7.18. The van der Waals surface area contributed by atoms with E-state index in [1.165, 1.54) is 0 Å². The standard InChI is InChI=1S/C13H14O2/c1-9(2)12-8-11(13(14)15-12)10-6-4-3-5-7-10/h3-9,12H,1-2H3. The second-order valence-electron chi connectivity index (χ2n) is 4.06. The summed E-state index contributed by atoms with van der Waals surface area (Å²) in [6.45, 7) is 4.09. The van der Waals surface area contributed by atoms with Crippen LogP contribution < -0.4 is 0 Å². The highest BCUT2D eigenvalue weighted by molar-refractivity contribution is 6.18. The second kappa shape index (κ2) is 3.89. The minimum atomic E-state index is -0.208. The third-order valence-corrected chi connectivity index (χ3v) is 2.54. The summed E-state index contributed by atoms with van der Waals surface area (Å²) in [6.07, 6.45) is 1.84. The number of rotatable bonds is 2. The molecule has 1 aromatic rings. The Bertz CT molecular complexity index is 390. The van der Waals surface area contributed by atoms with Gasteiger partial charge in [-0.1, -0.05) is 44.2 Å². The van der Waals surface area contributed by atoms with E-state index in [0.717, 1.165) is 5.56 Å². The van der Waals surface area contributed by atoms with Gasteiger partial charge in [0.05, 0.1) is 5.57 Å². The molecule has 15 heavy (non-hydrogen) atoms. The normalized spacial score (nSPS) is 20.3. The van der Waals surface area contributed by atoms with Gasteiger partial charge in [-0.2, -0.15) is 0 Å². The number of hydrogen-bond donors (Lipinski definition) is 0. The Morgan fingerprint density at radius 2 is 1.87 bits per heavy atom. The third-order valence-electron chi connectivity index (χ3n) is 2.54. The summed E-state index contributed by atoms with van der Waals surface area (Å²) < 4.78 is 5.26. The fourth-order valence-electron chi connectivity index (χ4n) is 1.61. The maximum atomic E-state index is 11.6. The van der Waals surface area contributed by atoms with E-state index >= 15 is 0 Å². The van der Waals surface area contributed by atoms with Crippen molar-refractivity contribution < 1.29 is 9.53 Å². The van der Waals surface area contributed by atoms with Gasteiger partial charge in [0.1, 0.15) is 6.10 Å². The first-order valence-electron chi connectivity index (χ1n) is 5.16. The van der Waals surface area contributed by atoms with Crippen LogP contribution in [0, 0.1) is 5.92 Å². The highest BCUT2D eigenvalue weighted by Gasteiger charge is 2.28. The molecule has 1 aliphatic heterocycles. The molecule has 0 saturated heterocycles. The lowest BCUT2D eigenvalue weighted by atomic mass is 10.0. The average Bonchev–Trinajstić information content (AvgIpc) is 2.62. The van der Waals surface area contributed by atoms with Gasteiger partial charge in [-0.3, -0.25) is 0 Å². The molecular weight excluding hydrogens is 188 g/mol. The van der Waals surface area contributed by atoms with Crippen molar-refractivity contribution in [3.05, 3.63) is 42.0 Å². The van der Waals surface area contributed by atoms with Gasteiger partial charge in [0.2, 0.25) is 0 Å². The number of esters is 1. The SMILES string of the molecule is CC(C)C1C=C(c2ccccc2)C(=O)O1. The van der Waals surface area contributed by atoms with Crippen LogP contribution in [0.15, 0.2) is 36.4 Å². The van der Waals surface area contributed by atoms with Crippen molar-refractivity contribution in [3.63, 3.8) is 0 Å². The van der Waals surface area contributed by atoms with Crippen LogP contribution in [0.3, 0.4) is 0 Å². The van der Waals surface area contributed by atoms with Gasteiger partial charge < -0.3 is 4.74 Å². The first-order valence-corrected chi connectivity index (χ1v) is 5.16. The summed E-state index contributed by atoms with van der Waals surface area (Å²) in [7, 11) is 0. The van der Waals surface area contributed by atoms with Gasteiger partial charge in [-0.25, -0.2) is 4.79 Å². The van der Waals surface area contributed by atoms with Crippen LogP contribution in [-0.4, -0.2) is 12.1 Å². The second-order valence-corrected chi connectivity index (χ2v) is 4.06. The Balaban J connectivity index is 2.30. The van der Waals surface area contributed by atoms with Gasteiger partial charge in [-0.05, 0) is 17.6 Å². The number of benzene rings is 1. The largest absolute Gasteiger partial charge is 0.454 e. The van der Waals surface area contributed by atoms with Crippen LogP contribution in [0.5, 0.6) is 0 Å². The van der Waals surface area contributed by atoms with E-state index in [4.69, 9.17) is 4.74 Å². The smallest absolute Gasteiger partial charge is 0.339 e. The van der Waals surface area contributed by atoms with Crippen molar-refractivity contribution in [2.45, 2.75) is 20.0 Å². The van der Waals surface area contributed by atoms with Crippen molar-refractivity contribution in [2.24, 2.45) is 5.92 Å². The molecule has 0 aromatic heterocycles. The number of carbonyl (C=O) groups is 1. The highest BCUT2D eigenvalue weighted by Crippen LogP contribution is 2.26. The van der Waals surface area contributed by atoms with Crippen LogP contribution in [0.4, 0.5) is 0 Å². The van der Waals surface area contributed by atoms with E-state index in [-0.39, 0.29) is 12.1 Å². The maximum absolute atomic E-state index is 11.6. The maximum Gasteiger partial charge on any atom is 0.339 e. The van der Waals surface area contributed by atoms with Gasteiger partial charge in [0.15, 0.2) is 0 Å². The lowest BCUT2D eigenvalue weighted by Crippen LogP contribution is -2.14. The fourth-order valence-corrected chi connectivity index (χ4v) is 1.61. The quantitative estimate of drug-likeness (QED) is 0.689. The Labute approximate surface area is 89.6 Å². The molecule has 2 heteroatoms. The molecule has 1 unspecified atom stereocenters. The molecule has 2 nitrogen and oxygen atoms in total. The lowest BCUT2D eigenvalue weighted by molar-refractivity contribution is -0.139. The van der Waals surface area contributed by atoms with Gasteiger partial charge in [0, 0.05) is 0 Å². The van der Waals surface area contributed by atoms with Crippen LogP contribution >= 0.6 is 0 Å². The summed E-state index contributed by atoms with van der Waals surface area (Å²) in [5.74, 6) is 0.120. The Morgan fingerprint density at radius 3 is 2.40 bits per heavy atom. The van der Waals surface area contributed by atoms with Gasteiger partial charge >= 0.3 is 5.97 Å². The average molecular weight is 202 g/mol. The minimum absolute atomic E-state index is 0.0762. The van der Waals surface area contributed by atoms with E-state index in [9.17, 15) is 4.79 Å². The summed E-state index contributed by atoms with van der Waals surface area (Å²) in [5.41, 5.74) is 1.62. The fraction of sp³-hybridized carbons (Fsp3) is 0.308. The number of cyclic esters (lactones) is 1. The minimum Gasteiger partial charge on any atom is -0.454 e. The van der Waals surface area contributed by atoms with Crippen molar-refractivity contribution in [2.75, 3.05) is 0 Å². The zero-order valence-electron chi connectivity index (χ0n) is 8.94. The summed E-state index contributed by atoms with van der Waals surface area (Å²) in [6, 6.07) is 9.63. The van der Waals surface area contributed by atoms with Crippen LogP contribution in [0.1, 0.15) is 19.4 Å². The molecule has 0 bridgehead atoms. The topological polar surface area (TPSA) is 26.3 Å². The van der Waals surface area contributed by atoms with E-state index in [2.05, 4.69) is 0 Å². The van der Waals surface area contributed by atoms with E-state index < -0.39 is 0 Å². The molecule has 0 saturated carbocycles. The Kier molecular flexibility index (Phi) is 2.58. The van der Waals surface area contributed by atoms with Crippen molar-refractivity contribution in [1.29, 1.82) is 0 Å². The van der Waals surface area contributed by atoms with Crippen LogP contribution in [-0.2, 0) is 9.53 Å². The summed E-state index contributed by atoms with van der Waals surface area (Å²) in [4.78, 5) is 11.6. The molecule has 0 aliphatic carbocycles.